The van der Waals surface area contributed by atoms with E-state index in [0.29, 0.717) is 6.10 Å². The third kappa shape index (κ3) is 9.27. The number of hydrogen-bond donors (Lipinski definition) is 0. The maximum Gasteiger partial charge on any atom is 0.159 e. The van der Waals surface area contributed by atoms with Gasteiger partial charge in [-0.2, -0.15) is 0 Å². The molecule has 0 N–H and O–H groups in total. The Morgan fingerprint density at radius 1 is 0.794 bits per heavy atom. The highest BCUT2D eigenvalue weighted by molar-refractivity contribution is 5.59. The van der Waals surface area contributed by atoms with Gasteiger partial charge >= 0.3 is 0 Å². The summed E-state index contributed by atoms with van der Waals surface area (Å²) in [6.07, 6.45) is 24.5. The SMILES string of the molecule is CCCCCCCCCCOc1cnc(-c2ccc3c(c2)CC(CCCCCCCC)O3)nc1. The predicted octanol–water partition coefficient (Wildman–Crippen LogP) is 8.72. The fourth-order valence-corrected chi connectivity index (χ4v) is 4.74. The maximum atomic E-state index is 6.18. The average Bonchev–Trinajstić information content (AvgIpc) is 3.27. The van der Waals surface area contributed by atoms with Gasteiger partial charge in [-0.15, -0.1) is 0 Å². The van der Waals surface area contributed by atoms with E-state index in [1.54, 1.807) is 12.4 Å². The van der Waals surface area contributed by atoms with Crippen LogP contribution >= 0.6 is 0 Å². The van der Waals surface area contributed by atoms with Gasteiger partial charge in [0.05, 0.1) is 19.0 Å². The molecule has 2 heterocycles. The molecule has 1 aromatic carbocycles. The lowest BCUT2D eigenvalue weighted by molar-refractivity contribution is 0.216. The first-order chi connectivity index (χ1) is 16.8. The summed E-state index contributed by atoms with van der Waals surface area (Å²) in [5.74, 6) is 2.54. The van der Waals surface area contributed by atoms with Gasteiger partial charge in [-0.1, -0.05) is 90.9 Å². The minimum absolute atomic E-state index is 0.324. The molecule has 0 radical (unpaired) electrons. The molecule has 0 amide bonds. The monoisotopic (exact) mass is 466 g/mol. The van der Waals surface area contributed by atoms with E-state index in [0.717, 1.165) is 48.8 Å². The number of nitrogens with zero attached hydrogens (tertiary/aromatic N) is 2. The molecule has 1 atom stereocenters. The average molecular weight is 467 g/mol. The Balaban J connectivity index is 1.35. The molecule has 0 spiro atoms. The van der Waals surface area contributed by atoms with Crippen molar-refractivity contribution in [1.82, 2.24) is 9.97 Å². The Kier molecular flexibility index (Phi) is 12.3. The molecule has 0 bridgehead atoms. The first-order valence-corrected chi connectivity index (χ1v) is 14.0. The highest BCUT2D eigenvalue weighted by Crippen LogP contribution is 2.33. The van der Waals surface area contributed by atoms with Crippen LogP contribution in [0, 0.1) is 0 Å². The van der Waals surface area contributed by atoms with Crippen LogP contribution in [0.5, 0.6) is 11.5 Å². The number of ether oxygens (including phenoxy) is 2. The molecule has 1 aliphatic heterocycles. The van der Waals surface area contributed by atoms with Gasteiger partial charge in [0.1, 0.15) is 11.9 Å². The van der Waals surface area contributed by atoms with Crippen molar-refractivity contribution in [3.8, 4) is 22.9 Å². The van der Waals surface area contributed by atoms with Crippen molar-refractivity contribution >= 4 is 0 Å². The fourth-order valence-electron chi connectivity index (χ4n) is 4.74. The summed E-state index contributed by atoms with van der Waals surface area (Å²) in [6, 6.07) is 6.36. The highest BCUT2D eigenvalue weighted by Gasteiger charge is 2.23. The zero-order chi connectivity index (χ0) is 23.8. The van der Waals surface area contributed by atoms with Gasteiger partial charge in [-0.05, 0) is 43.0 Å². The first-order valence-electron chi connectivity index (χ1n) is 14.0. The summed E-state index contributed by atoms with van der Waals surface area (Å²) >= 11 is 0. The maximum absolute atomic E-state index is 6.18. The normalized spacial score (nSPS) is 14.7. The second-order valence-electron chi connectivity index (χ2n) is 9.89. The Morgan fingerprint density at radius 2 is 1.41 bits per heavy atom. The van der Waals surface area contributed by atoms with Crippen LogP contribution in [0.3, 0.4) is 0 Å². The van der Waals surface area contributed by atoms with Crippen LogP contribution in [0.4, 0.5) is 0 Å². The van der Waals surface area contributed by atoms with Crippen molar-refractivity contribution in [3.05, 3.63) is 36.2 Å². The van der Waals surface area contributed by atoms with Crippen LogP contribution in [-0.2, 0) is 6.42 Å². The summed E-state index contributed by atoms with van der Waals surface area (Å²) < 4.78 is 12.0. The van der Waals surface area contributed by atoms with Gasteiger partial charge in [-0.25, -0.2) is 9.97 Å². The van der Waals surface area contributed by atoms with Crippen LogP contribution in [0.15, 0.2) is 30.6 Å². The van der Waals surface area contributed by atoms with E-state index in [1.165, 1.54) is 89.0 Å². The standard InChI is InChI=1S/C30H46N2O2/c1-3-5-7-9-11-12-14-16-20-33-28-23-31-30(32-24-28)25-18-19-29-26(21-25)22-27(34-29)17-15-13-10-8-6-4-2/h18-19,21,23-24,27H,3-17,20,22H2,1-2H3. The minimum Gasteiger partial charge on any atom is -0.490 e. The molecule has 0 aliphatic carbocycles. The fraction of sp³-hybridized carbons (Fsp3) is 0.667. The summed E-state index contributed by atoms with van der Waals surface area (Å²) in [7, 11) is 0. The topological polar surface area (TPSA) is 44.2 Å². The van der Waals surface area contributed by atoms with Gasteiger partial charge in [0, 0.05) is 12.0 Å². The molecule has 0 saturated heterocycles. The van der Waals surface area contributed by atoms with E-state index in [4.69, 9.17) is 9.47 Å². The van der Waals surface area contributed by atoms with Crippen molar-refractivity contribution in [1.29, 1.82) is 0 Å². The van der Waals surface area contributed by atoms with Crippen molar-refractivity contribution in [3.63, 3.8) is 0 Å². The number of fused-ring (bicyclic) bond motifs is 1. The van der Waals surface area contributed by atoms with Crippen molar-refractivity contribution in [2.45, 2.75) is 123 Å². The molecule has 0 saturated carbocycles. The van der Waals surface area contributed by atoms with Gasteiger partial charge in [-0.3, -0.25) is 0 Å². The van der Waals surface area contributed by atoms with Gasteiger partial charge in [0.2, 0.25) is 0 Å². The third-order valence-electron chi connectivity index (χ3n) is 6.83. The Labute approximate surface area is 207 Å². The van der Waals surface area contributed by atoms with Crippen molar-refractivity contribution < 1.29 is 9.47 Å². The van der Waals surface area contributed by atoms with E-state index in [2.05, 4.69) is 42.0 Å². The van der Waals surface area contributed by atoms with Crippen LogP contribution in [-0.4, -0.2) is 22.7 Å². The van der Waals surface area contributed by atoms with E-state index in [9.17, 15) is 0 Å². The molecule has 0 fully saturated rings. The number of aromatic nitrogens is 2. The number of hydrogen-bond acceptors (Lipinski definition) is 4. The van der Waals surface area contributed by atoms with Crippen molar-refractivity contribution in [2.75, 3.05) is 6.61 Å². The summed E-state index contributed by atoms with van der Waals surface area (Å²) in [4.78, 5) is 9.12. The second kappa shape index (κ2) is 15.7. The Hall–Kier alpha value is -2.10. The molecule has 3 rings (SSSR count). The van der Waals surface area contributed by atoms with E-state index in [1.807, 2.05) is 0 Å². The molecule has 34 heavy (non-hydrogen) atoms. The van der Waals surface area contributed by atoms with E-state index in [-0.39, 0.29) is 0 Å². The minimum atomic E-state index is 0.324. The second-order valence-corrected chi connectivity index (χ2v) is 9.89. The highest BCUT2D eigenvalue weighted by atomic mass is 16.5. The molecule has 2 aromatic rings. The first kappa shape index (κ1) is 26.5. The molecule has 4 nitrogen and oxygen atoms in total. The summed E-state index contributed by atoms with van der Waals surface area (Å²) in [5.41, 5.74) is 2.34. The Morgan fingerprint density at radius 3 is 2.09 bits per heavy atom. The quantitative estimate of drug-likeness (QED) is 0.206. The summed E-state index contributed by atoms with van der Waals surface area (Å²) in [5, 5.41) is 0. The van der Waals surface area contributed by atoms with Gasteiger partial charge < -0.3 is 9.47 Å². The molecule has 1 aromatic heterocycles. The lowest BCUT2D eigenvalue weighted by Crippen LogP contribution is -2.12. The zero-order valence-corrected chi connectivity index (χ0v) is 21.7. The van der Waals surface area contributed by atoms with Crippen molar-refractivity contribution in [2.24, 2.45) is 0 Å². The van der Waals surface area contributed by atoms with Crippen LogP contribution < -0.4 is 9.47 Å². The van der Waals surface area contributed by atoms with E-state index < -0.39 is 0 Å². The van der Waals surface area contributed by atoms with Crippen LogP contribution in [0.1, 0.15) is 116 Å². The van der Waals surface area contributed by atoms with Gasteiger partial charge in [0.25, 0.3) is 0 Å². The molecule has 1 unspecified atom stereocenters. The zero-order valence-electron chi connectivity index (χ0n) is 21.7. The van der Waals surface area contributed by atoms with Crippen LogP contribution in [0.2, 0.25) is 0 Å². The number of benzene rings is 1. The third-order valence-corrected chi connectivity index (χ3v) is 6.83. The smallest absolute Gasteiger partial charge is 0.159 e. The van der Waals surface area contributed by atoms with E-state index >= 15 is 0 Å². The molecule has 188 valence electrons. The molecular formula is C30H46N2O2. The van der Waals surface area contributed by atoms with Gasteiger partial charge in [0.15, 0.2) is 11.6 Å². The number of rotatable bonds is 18. The predicted molar refractivity (Wildman–Crippen MR) is 142 cm³/mol. The largest absolute Gasteiger partial charge is 0.490 e. The summed E-state index contributed by atoms with van der Waals surface area (Å²) in [6.45, 7) is 5.28. The lowest BCUT2D eigenvalue weighted by atomic mass is 10.0. The molecule has 1 aliphatic rings. The molecular weight excluding hydrogens is 420 g/mol. The van der Waals surface area contributed by atoms with Crippen LogP contribution in [0.25, 0.3) is 11.4 Å². The molecule has 4 heteroatoms. The lowest BCUT2D eigenvalue weighted by Gasteiger charge is -2.10. The Bertz CT molecular complexity index is 806. The number of unbranched alkanes of at least 4 members (excludes halogenated alkanes) is 12.